The lowest BCUT2D eigenvalue weighted by Crippen LogP contribution is -2.10. The van der Waals surface area contributed by atoms with Crippen molar-refractivity contribution in [3.63, 3.8) is 0 Å². The van der Waals surface area contributed by atoms with Crippen LogP contribution in [0.3, 0.4) is 0 Å². The van der Waals surface area contributed by atoms with Crippen molar-refractivity contribution in [1.82, 2.24) is 4.98 Å². The molecule has 0 atom stereocenters. The first-order valence-electron chi connectivity index (χ1n) is 5.02. The fourth-order valence-corrected chi connectivity index (χ4v) is 1.45. The summed E-state index contributed by atoms with van der Waals surface area (Å²) < 4.78 is 9.18. The van der Waals surface area contributed by atoms with Gasteiger partial charge in [0.2, 0.25) is 0 Å². The van der Waals surface area contributed by atoms with Gasteiger partial charge in [-0.1, -0.05) is 13.3 Å². The Hall–Kier alpha value is -1.78. The molecule has 0 aromatic carbocycles. The van der Waals surface area contributed by atoms with Gasteiger partial charge in [0.25, 0.3) is 0 Å². The highest BCUT2D eigenvalue weighted by atomic mass is 16.5. The molecule has 0 amide bonds. The summed E-state index contributed by atoms with van der Waals surface area (Å²) in [4.78, 5) is 25.7. The molecule has 1 heterocycles. The highest BCUT2D eigenvalue weighted by Crippen LogP contribution is 2.14. The standard InChI is InChI=1S/C11H15NO4/c1-4-5-7-6-8(10(13)15-2)9(12-7)11(14)16-3/h6,12H,4-5H2,1-3H3. The number of esters is 2. The number of aryl methyl sites for hydroxylation is 1. The minimum atomic E-state index is -0.567. The molecule has 0 saturated carbocycles. The smallest absolute Gasteiger partial charge is 0.355 e. The highest BCUT2D eigenvalue weighted by molar-refractivity contribution is 6.02. The Morgan fingerprint density at radius 3 is 2.38 bits per heavy atom. The van der Waals surface area contributed by atoms with Crippen molar-refractivity contribution in [2.45, 2.75) is 19.8 Å². The van der Waals surface area contributed by atoms with Gasteiger partial charge in [0.1, 0.15) is 5.69 Å². The van der Waals surface area contributed by atoms with E-state index in [0.29, 0.717) is 0 Å². The Morgan fingerprint density at radius 2 is 1.88 bits per heavy atom. The van der Waals surface area contributed by atoms with Gasteiger partial charge in [-0.3, -0.25) is 0 Å². The summed E-state index contributed by atoms with van der Waals surface area (Å²) in [5.74, 6) is -1.11. The molecule has 0 radical (unpaired) electrons. The fraction of sp³-hybridized carbons (Fsp3) is 0.455. The second kappa shape index (κ2) is 5.34. The van der Waals surface area contributed by atoms with Crippen molar-refractivity contribution in [2.75, 3.05) is 14.2 Å². The maximum Gasteiger partial charge on any atom is 0.355 e. The molecule has 1 aromatic rings. The van der Waals surface area contributed by atoms with Crippen molar-refractivity contribution in [2.24, 2.45) is 0 Å². The maximum absolute atomic E-state index is 11.4. The normalized spacial score (nSPS) is 9.94. The summed E-state index contributed by atoms with van der Waals surface area (Å²) in [6, 6.07) is 1.63. The van der Waals surface area contributed by atoms with E-state index < -0.39 is 11.9 Å². The quantitative estimate of drug-likeness (QED) is 0.789. The summed E-state index contributed by atoms with van der Waals surface area (Å²) in [5.41, 5.74) is 1.19. The average Bonchev–Trinajstić information content (AvgIpc) is 2.71. The lowest BCUT2D eigenvalue weighted by Gasteiger charge is -1.99. The Morgan fingerprint density at radius 1 is 1.25 bits per heavy atom. The van der Waals surface area contributed by atoms with Gasteiger partial charge in [0.15, 0.2) is 0 Å². The van der Waals surface area contributed by atoms with Gasteiger partial charge >= 0.3 is 11.9 Å². The van der Waals surface area contributed by atoms with Crippen LogP contribution in [0.1, 0.15) is 39.9 Å². The number of carbonyl (C=O) groups is 2. The third-order valence-corrected chi connectivity index (χ3v) is 2.19. The van der Waals surface area contributed by atoms with Gasteiger partial charge in [-0.2, -0.15) is 0 Å². The van der Waals surface area contributed by atoms with Crippen LogP contribution in [0.2, 0.25) is 0 Å². The van der Waals surface area contributed by atoms with E-state index in [-0.39, 0.29) is 11.3 Å². The van der Waals surface area contributed by atoms with Crippen LogP contribution in [0.25, 0.3) is 0 Å². The molecular formula is C11H15NO4. The molecule has 0 bridgehead atoms. The molecule has 1 rings (SSSR count). The zero-order valence-corrected chi connectivity index (χ0v) is 9.62. The number of rotatable bonds is 4. The van der Waals surface area contributed by atoms with Gasteiger partial charge in [0.05, 0.1) is 19.8 Å². The van der Waals surface area contributed by atoms with Crippen LogP contribution in [-0.4, -0.2) is 31.1 Å². The molecule has 1 aromatic heterocycles. The third kappa shape index (κ3) is 2.42. The number of methoxy groups -OCH3 is 2. The second-order valence-corrected chi connectivity index (χ2v) is 3.32. The first-order chi connectivity index (χ1) is 7.63. The lowest BCUT2D eigenvalue weighted by molar-refractivity contribution is 0.0552. The molecule has 0 spiro atoms. The first kappa shape index (κ1) is 12.3. The van der Waals surface area contributed by atoms with Crippen LogP contribution in [-0.2, 0) is 15.9 Å². The number of nitrogens with one attached hydrogen (secondary N) is 1. The number of aromatic amines is 1. The van der Waals surface area contributed by atoms with Crippen molar-refractivity contribution < 1.29 is 19.1 Å². The summed E-state index contributed by atoms with van der Waals surface area (Å²) in [6.45, 7) is 2.01. The molecule has 0 unspecified atom stereocenters. The SMILES string of the molecule is CCCc1cc(C(=O)OC)c(C(=O)OC)[nH]1. The van der Waals surface area contributed by atoms with Crippen LogP contribution < -0.4 is 0 Å². The number of carbonyl (C=O) groups excluding carboxylic acids is 2. The van der Waals surface area contributed by atoms with E-state index in [9.17, 15) is 9.59 Å². The number of hydrogen-bond donors (Lipinski definition) is 1. The molecule has 0 aliphatic heterocycles. The number of hydrogen-bond acceptors (Lipinski definition) is 4. The first-order valence-corrected chi connectivity index (χ1v) is 5.02. The van der Waals surface area contributed by atoms with E-state index in [2.05, 4.69) is 14.5 Å². The Bertz CT molecular complexity index is 361. The minimum Gasteiger partial charge on any atom is -0.465 e. The Labute approximate surface area is 93.7 Å². The van der Waals surface area contributed by atoms with Crippen LogP contribution in [0.4, 0.5) is 0 Å². The zero-order valence-electron chi connectivity index (χ0n) is 9.62. The highest BCUT2D eigenvalue weighted by Gasteiger charge is 2.21. The van der Waals surface area contributed by atoms with Crippen LogP contribution in [0, 0.1) is 0 Å². The van der Waals surface area contributed by atoms with Crippen molar-refractivity contribution in [3.05, 3.63) is 23.0 Å². The van der Waals surface area contributed by atoms with Crippen molar-refractivity contribution >= 4 is 11.9 Å². The topological polar surface area (TPSA) is 68.4 Å². The summed E-state index contributed by atoms with van der Waals surface area (Å²) in [7, 11) is 2.54. The van der Waals surface area contributed by atoms with E-state index in [1.54, 1.807) is 6.07 Å². The molecule has 5 nitrogen and oxygen atoms in total. The monoisotopic (exact) mass is 225 g/mol. The molecular weight excluding hydrogens is 210 g/mol. The molecule has 1 N–H and O–H groups in total. The summed E-state index contributed by atoms with van der Waals surface area (Å²) >= 11 is 0. The largest absolute Gasteiger partial charge is 0.465 e. The molecule has 5 heteroatoms. The van der Waals surface area contributed by atoms with Crippen LogP contribution in [0.15, 0.2) is 6.07 Å². The van der Waals surface area contributed by atoms with Gasteiger partial charge < -0.3 is 14.5 Å². The van der Waals surface area contributed by atoms with E-state index in [0.717, 1.165) is 18.5 Å². The Balaban J connectivity index is 3.12. The van der Waals surface area contributed by atoms with Crippen molar-refractivity contribution in [1.29, 1.82) is 0 Å². The number of aromatic nitrogens is 1. The minimum absolute atomic E-state index is 0.151. The van der Waals surface area contributed by atoms with E-state index >= 15 is 0 Å². The fourth-order valence-electron chi connectivity index (χ4n) is 1.45. The van der Waals surface area contributed by atoms with Gasteiger partial charge in [-0.15, -0.1) is 0 Å². The van der Waals surface area contributed by atoms with Crippen LogP contribution in [0.5, 0.6) is 0 Å². The maximum atomic E-state index is 11.4. The molecule has 88 valence electrons. The lowest BCUT2D eigenvalue weighted by atomic mass is 10.2. The summed E-state index contributed by atoms with van der Waals surface area (Å²) in [6.07, 6.45) is 1.68. The molecule has 0 fully saturated rings. The Kier molecular flexibility index (Phi) is 4.10. The predicted octanol–water partition coefficient (Wildman–Crippen LogP) is 1.54. The second-order valence-electron chi connectivity index (χ2n) is 3.32. The van der Waals surface area contributed by atoms with E-state index in [1.807, 2.05) is 6.92 Å². The molecule has 0 aliphatic carbocycles. The molecule has 16 heavy (non-hydrogen) atoms. The molecule has 0 saturated heterocycles. The van der Waals surface area contributed by atoms with Gasteiger partial charge in [0, 0.05) is 5.69 Å². The predicted molar refractivity (Wildman–Crippen MR) is 57.5 cm³/mol. The van der Waals surface area contributed by atoms with E-state index in [4.69, 9.17) is 0 Å². The average molecular weight is 225 g/mol. The molecule has 0 aliphatic rings. The van der Waals surface area contributed by atoms with Crippen molar-refractivity contribution in [3.8, 4) is 0 Å². The zero-order chi connectivity index (χ0) is 12.1. The third-order valence-electron chi connectivity index (χ3n) is 2.19. The van der Waals surface area contributed by atoms with Gasteiger partial charge in [-0.05, 0) is 12.5 Å². The van der Waals surface area contributed by atoms with Gasteiger partial charge in [-0.25, -0.2) is 9.59 Å². The van der Waals surface area contributed by atoms with Crippen LogP contribution >= 0.6 is 0 Å². The number of H-pyrrole nitrogens is 1. The van der Waals surface area contributed by atoms with E-state index in [1.165, 1.54) is 14.2 Å². The summed E-state index contributed by atoms with van der Waals surface area (Å²) in [5, 5.41) is 0. The number of ether oxygens (including phenoxy) is 2.